The first kappa shape index (κ1) is 11.6. The number of hydrogen-bond acceptors (Lipinski definition) is 1. The van der Waals surface area contributed by atoms with Crippen LogP contribution in [-0.4, -0.2) is 22.5 Å². The lowest BCUT2D eigenvalue weighted by atomic mass is 9.96. The van der Waals surface area contributed by atoms with Crippen LogP contribution in [0.1, 0.15) is 32.1 Å². The van der Waals surface area contributed by atoms with E-state index in [4.69, 9.17) is 34.8 Å². The molecule has 0 aromatic carbocycles. The van der Waals surface area contributed by atoms with E-state index in [1.165, 1.54) is 19.3 Å². The molecule has 13 heavy (non-hydrogen) atoms. The number of halogens is 3. The van der Waals surface area contributed by atoms with E-state index in [1.807, 2.05) is 0 Å². The van der Waals surface area contributed by atoms with Crippen molar-refractivity contribution in [3.05, 3.63) is 0 Å². The zero-order valence-electron chi connectivity index (χ0n) is 7.48. The summed E-state index contributed by atoms with van der Waals surface area (Å²) in [6.45, 7) is 0. The molecule has 0 atom stereocenters. The van der Waals surface area contributed by atoms with Crippen LogP contribution in [0.4, 0.5) is 0 Å². The molecular weight excluding hydrogens is 228 g/mol. The number of alkyl halides is 3. The summed E-state index contributed by atoms with van der Waals surface area (Å²) in [5.74, 6) is 0.187. The first-order valence-corrected chi connectivity index (χ1v) is 5.91. The second-order valence-electron chi connectivity index (χ2n) is 3.46. The Labute approximate surface area is 94.5 Å². The zero-order chi connectivity index (χ0) is 9.73. The third-order valence-electron chi connectivity index (χ3n) is 2.23. The molecule has 1 saturated carbocycles. The summed E-state index contributed by atoms with van der Waals surface area (Å²) < 4.78 is -0.987. The van der Waals surface area contributed by atoms with Crippen molar-refractivity contribution in [2.45, 2.75) is 42.5 Å². The fourth-order valence-corrected chi connectivity index (χ4v) is 1.66. The molecule has 0 aromatic heterocycles. The van der Waals surface area contributed by atoms with Gasteiger partial charge in [-0.2, -0.15) is 0 Å². The van der Waals surface area contributed by atoms with Crippen molar-refractivity contribution < 1.29 is 0 Å². The second-order valence-corrected chi connectivity index (χ2v) is 5.27. The quantitative estimate of drug-likeness (QED) is 0.527. The highest BCUT2D eigenvalue weighted by Gasteiger charge is 2.20. The van der Waals surface area contributed by atoms with Gasteiger partial charge in [0.1, 0.15) is 0 Å². The van der Waals surface area contributed by atoms with Gasteiger partial charge in [-0.1, -0.05) is 42.5 Å². The Hall–Kier alpha value is 0.540. The summed E-state index contributed by atoms with van der Waals surface area (Å²) in [7, 11) is 0. The van der Waals surface area contributed by atoms with E-state index < -0.39 is 4.33 Å². The van der Waals surface area contributed by atoms with Crippen LogP contribution in [0.2, 0.25) is 0 Å². The summed E-state index contributed by atoms with van der Waals surface area (Å²) in [4.78, 5) is 4.35. The maximum Gasteiger partial charge on any atom is 0.166 e. The van der Waals surface area contributed by atoms with Crippen LogP contribution in [-0.2, 0) is 0 Å². The van der Waals surface area contributed by atoms with Gasteiger partial charge >= 0.3 is 0 Å². The Balaban J connectivity index is 2.37. The predicted octanol–water partition coefficient (Wildman–Crippen LogP) is 3.80. The number of rotatable bonds is 3. The van der Waals surface area contributed by atoms with E-state index in [9.17, 15) is 0 Å². The van der Waals surface area contributed by atoms with Crippen LogP contribution in [0.3, 0.4) is 0 Å². The maximum absolute atomic E-state index is 5.82. The van der Waals surface area contributed by atoms with Crippen LogP contribution in [0.25, 0.3) is 0 Å². The van der Waals surface area contributed by atoms with Crippen molar-refractivity contribution in [1.82, 2.24) is 0 Å². The van der Waals surface area contributed by atoms with Crippen molar-refractivity contribution in [1.29, 1.82) is 0 Å². The normalized spacial score (nSPS) is 21.2. The maximum atomic E-state index is 5.82. The van der Waals surface area contributed by atoms with E-state index in [0.29, 0.717) is 6.04 Å². The Kier molecular flexibility index (Phi) is 4.85. The standard InChI is InChI=1S/C9H14Cl3N/c10-6-9(11,12)7-13-8-4-2-1-3-5-8/h7-8H,1-6H2. The minimum absolute atomic E-state index is 0.187. The van der Waals surface area contributed by atoms with E-state index >= 15 is 0 Å². The van der Waals surface area contributed by atoms with E-state index in [0.717, 1.165) is 12.8 Å². The first-order valence-electron chi connectivity index (χ1n) is 4.62. The topological polar surface area (TPSA) is 12.4 Å². The molecule has 4 heteroatoms. The smallest absolute Gasteiger partial charge is 0.166 e. The van der Waals surface area contributed by atoms with Crippen LogP contribution >= 0.6 is 34.8 Å². The first-order chi connectivity index (χ1) is 6.14. The highest BCUT2D eigenvalue weighted by Crippen LogP contribution is 2.23. The summed E-state index contributed by atoms with van der Waals surface area (Å²) in [6, 6.07) is 0.411. The molecule has 0 N–H and O–H groups in total. The molecule has 76 valence electrons. The van der Waals surface area contributed by atoms with Gasteiger partial charge in [0.15, 0.2) is 4.33 Å². The van der Waals surface area contributed by atoms with Crippen molar-refractivity contribution in [2.24, 2.45) is 4.99 Å². The molecule has 0 aromatic rings. The fourth-order valence-electron chi connectivity index (χ4n) is 1.48. The summed E-state index contributed by atoms with van der Waals surface area (Å²) >= 11 is 17.2. The molecule has 0 radical (unpaired) electrons. The molecular formula is C9H14Cl3N. The van der Waals surface area contributed by atoms with Gasteiger partial charge in [-0.15, -0.1) is 11.6 Å². The lowest BCUT2D eigenvalue weighted by molar-refractivity contribution is 0.444. The third-order valence-corrected chi connectivity index (χ3v) is 3.38. The van der Waals surface area contributed by atoms with Crippen LogP contribution in [0.5, 0.6) is 0 Å². The lowest BCUT2D eigenvalue weighted by Crippen LogP contribution is -2.19. The average Bonchev–Trinajstić information content (AvgIpc) is 2.17. The van der Waals surface area contributed by atoms with Gasteiger partial charge in [-0.3, -0.25) is 4.99 Å². The molecule has 0 heterocycles. The average molecular weight is 243 g/mol. The lowest BCUT2D eigenvalue weighted by Gasteiger charge is -2.18. The molecule has 0 aliphatic heterocycles. The molecule has 1 aliphatic rings. The molecule has 1 nitrogen and oxygen atoms in total. The van der Waals surface area contributed by atoms with Gasteiger partial charge < -0.3 is 0 Å². The van der Waals surface area contributed by atoms with Gasteiger partial charge in [-0.25, -0.2) is 0 Å². The predicted molar refractivity (Wildman–Crippen MR) is 60.5 cm³/mol. The van der Waals surface area contributed by atoms with E-state index in [1.54, 1.807) is 6.21 Å². The van der Waals surface area contributed by atoms with E-state index in [-0.39, 0.29) is 5.88 Å². The van der Waals surface area contributed by atoms with Crippen LogP contribution in [0.15, 0.2) is 4.99 Å². The monoisotopic (exact) mass is 241 g/mol. The molecule has 1 rings (SSSR count). The summed E-state index contributed by atoms with van der Waals surface area (Å²) in [5.41, 5.74) is 0. The molecule has 0 saturated heterocycles. The highest BCUT2D eigenvalue weighted by molar-refractivity contribution is 6.58. The number of aliphatic imine (C=N–C) groups is 1. The number of hydrogen-bond donors (Lipinski definition) is 0. The summed E-state index contributed by atoms with van der Waals surface area (Å²) in [5, 5.41) is 0. The van der Waals surface area contributed by atoms with Gasteiger partial charge in [0.25, 0.3) is 0 Å². The third kappa shape index (κ3) is 4.53. The van der Waals surface area contributed by atoms with Gasteiger partial charge in [0, 0.05) is 12.3 Å². The minimum atomic E-state index is -0.987. The molecule has 0 spiro atoms. The minimum Gasteiger partial charge on any atom is -0.291 e. The Bertz CT molecular complexity index is 174. The van der Waals surface area contributed by atoms with Gasteiger partial charge in [-0.05, 0) is 12.8 Å². The highest BCUT2D eigenvalue weighted by atomic mass is 35.5. The summed E-state index contributed by atoms with van der Waals surface area (Å²) in [6.07, 6.45) is 7.75. The van der Waals surface area contributed by atoms with Crippen molar-refractivity contribution in [2.75, 3.05) is 5.88 Å². The molecule has 0 unspecified atom stereocenters. The van der Waals surface area contributed by atoms with Gasteiger partial charge in [0.05, 0.1) is 5.88 Å². The molecule has 1 fully saturated rings. The fraction of sp³-hybridized carbons (Fsp3) is 0.889. The molecule has 0 bridgehead atoms. The van der Waals surface area contributed by atoms with Crippen LogP contribution in [0, 0.1) is 0 Å². The Morgan fingerprint density at radius 1 is 1.23 bits per heavy atom. The Morgan fingerprint density at radius 3 is 2.38 bits per heavy atom. The largest absolute Gasteiger partial charge is 0.291 e. The van der Waals surface area contributed by atoms with Crippen molar-refractivity contribution >= 4 is 41.0 Å². The molecule has 1 aliphatic carbocycles. The van der Waals surface area contributed by atoms with E-state index in [2.05, 4.69) is 4.99 Å². The molecule has 0 amide bonds. The zero-order valence-corrected chi connectivity index (χ0v) is 9.75. The van der Waals surface area contributed by atoms with Crippen molar-refractivity contribution in [3.63, 3.8) is 0 Å². The van der Waals surface area contributed by atoms with Crippen molar-refractivity contribution in [3.8, 4) is 0 Å². The SMILES string of the molecule is ClCC(Cl)(Cl)C=NC1CCCCC1. The van der Waals surface area contributed by atoms with Gasteiger partial charge in [0.2, 0.25) is 0 Å². The Morgan fingerprint density at radius 2 is 1.85 bits per heavy atom. The second kappa shape index (κ2) is 5.43. The van der Waals surface area contributed by atoms with Crippen LogP contribution < -0.4 is 0 Å². The number of nitrogens with zero attached hydrogens (tertiary/aromatic N) is 1.